The van der Waals surface area contributed by atoms with E-state index in [1.165, 1.54) is 52.7 Å². The zero-order valence-electron chi connectivity index (χ0n) is 17.2. The Hall–Kier alpha value is -2.16. The number of hydrogen-bond acceptors (Lipinski definition) is 6. The number of carbonyl (C=O) groups excluding carboxylic acids is 2. The lowest BCUT2D eigenvalue weighted by Crippen LogP contribution is -2.30. The number of fused-ring (bicyclic) bond motifs is 3. The number of nitrogens with zero attached hydrogens (tertiary/aromatic N) is 2. The molecule has 5 rings (SSSR count). The Morgan fingerprint density at radius 3 is 2.81 bits per heavy atom. The monoisotopic (exact) mass is 528 g/mol. The van der Waals surface area contributed by atoms with E-state index >= 15 is 0 Å². The van der Waals surface area contributed by atoms with Crippen LogP contribution in [0.3, 0.4) is 0 Å². The maximum Gasteiger partial charge on any atom is 0.294 e. The Labute approximate surface area is 204 Å². The van der Waals surface area contributed by atoms with Gasteiger partial charge in [-0.1, -0.05) is 60.7 Å². The van der Waals surface area contributed by atoms with Crippen molar-refractivity contribution in [2.24, 2.45) is 0 Å². The van der Waals surface area contributed by atoms with Gasteiger partial charge < -0.3 is 9.64 Å². The van der Waals surface area contributed by atoms with Crippen molar-refractivity contribution in [1.82, 2.24) is 4.90 Å². The fourth-order valence-electron chi connectivity index (χ4n) is 5.00. The number of carbonyl (C=O) groups is 2. The fourth-order valence-corrected chi connectivity index (χ4v) is 6.95. The average molecular weight is 529 g/mol. The molecule has 8 heteroatoms. The molecule has 0 aromatic heterocycles. The van der Waals surface area contributed by atoms with Crippen LogP contribution in [0.1, 0.15) is 41.9 Å². The minimum Gasteiger partial charge on any atom is -0.446 e. The minimum atomic E-state index is -0.233. The summed E-state index contributed by atoms with van der Waals surface area (Å²) >= 11 is 10.3. The van der Waals surface area contributed by atoms with Gasteiger partial charge in [0, 0.05) is 23.0 Å². The Morgan fingerprint density at radius 1 is 1.22 bits per heavy atom. The van der Waals surface area contributed by atoms with E-state index in [1.54, 1.807) is 0 Å². The van der Waals surface area contributed by atoms with E-state index in [1.807, 2.05) is 6.08 Å². The Kier molecular flexibility index (Phi) is 6.09. The van der Waals surface area contributed by atoms with Gasteiger partial charge in [-0.25, -0.2) is 0 Å². The average Bonchev–Trinajstić information content (AvgIpc) is 3.44. The molecule has 1 aliphatic carbocycles. The first-order valence-electron chi connectivity index (χ1n) is 10.5. The summed E-state index contributed by atoms with van der Waals surface area (Å²) in [6, 6.07) is 15.4. The lowest BCUT2D eigenvalue weighted by atomic mass is 9.96. The van der Waals surface area contributed by atoms with E-state index in [2.05, 4.69) is 63.3 Å². The topological polar surface area (TPSA) is 49.9 Å². The first kappa shape index (κ1) is 21.7. The Balaban J connectivity index is 1.47. The molecule has 164 valence electrons. The van der Waals surface area contributed by atoms with Crippen LogP contribution in [0.5, 0.6) is 0 Å². The van der Waals surface area contributed by atoms with Crippen molar-refractivity contribution in [3.63, 3.8) is 0 Å². The van der Waals surface area contributed by atoms with Gasteiger partial charge in [-0.15, -0.1) is 0 Å². The first-order chi connectivity index (χ1) is 15.6. The van der Waals surface area contributed by atoms with Gasteiger partial charge in [0.25, 0.3) is 12.4 Å². The first-order valence-corrected chi connectivity index (χ1v) is 12.5. The van der Waals surface area contributed by atoms with Gasteiger partial charge in [-0.05, 0) is 63.7 Å². The summed E-state index contributed by atoms with van der Waals surface area (Å²) in [5, 5.41) is 0. The van der Waals surface area contributed by atoms with Crippen molar-refractivity contribution in [1.29, 1.82) is 0 Å². The molecule has 0 N–H and O–H groups in total. The molecule has 0 spiro atoms. The number of ether oxygens (including phenoxy) is 1. The molecular formula is C24H21BrN2O3S2. The number of benzene rings is 2. The molecule has 2 atom stereocenters. The molecule has 2 aromatic rings. The molecule has 2 unspecified atom stereocenters. The zero-order chi connectivity index (χ0) is 22.2. The van der Waals surface area contributed by atoms with Crippen molar-refractivity contribution in [2.75, 3.05) is 11.6 Å². The largest absolute Gasteiger partial charge is 0.446 e. The van der Waals surface area contributed by atoms with E-state index in [0.29, 0.717) is 27.7 Å². The van der Waals surface area contributed by atoms with Gasteiger partial charge in [0.1, 0.15) is 0 Å². The predicted molar refractivity (Wildman–Crippen MR) is 134 cm³/mol. The second-order valence-corrected chi connectivity index (χ2v) is 10.7. The normalized spacial score (nSPS) is 23.1. The third-order valence-corrected chi connectivity index (χ3v) is 8.30. The summed E-state index contributed by atoms with van der Waals surface area (Å²) in [5.74, 6) is 0.275. The number of thiocarbonyl (C=S) groups is 1. The van der Waals surface area contributed by atoms with E-state index < -0.39 is 0 Å². The van der Waals surface area contributed by atoms with Gasteiger partial charge >= 0.3 is 0 Å². The van der Waals surface area contributed by atoms with Gasteiger partial charge in [0.05, 0.1) is 10.6 Å². The van der Waals surface area contributed by atoms with Crippen LogP contribution < -0.4 is 4.90 Å². The second-order valence-electron chi connectivity index (χ2n) is 8.16. The molecule has 0 radical (unpaired) electrons. The highest BCUT2D eigenvalue weighted by Crippen LogP contribution is 2.53. The van der Waals surface area contributed by atoms with Gasteiger partial charge in [0.2, 0.25) is 0 Å². The van der Waals surface area contributed by atoms with Crippen LogP contribution in [0.2, 0.25) is 0 Å². The number of amides is 1. The number of thioether (sulfide) groups is 1. The third-order valence-electron chi connectivity index (χ3n) is 6.32. The van der Waals surface area contributed by atoms with Crippen molar-refractivity contribution >= 4 is 68.4 Å². The van der Waals surface area contributed by atoms with Crippen LogP contribution in [0.4, 0.5) is 5.69 Å². The van der Waals surface area contributed by atoms with E-state index in [9.17, 15) is 9.59 Å². The molecule has 2 aliphatic heterocycles. The maximum absolute atomic E-state index is 12.7. The highest BCUT2D eigenvalue weighted by molar-refractivity contribution is 9.10. The summed E-state index contributed by atoms with van der Waals surface area (Å²) in [6.45, 7) is 1.05. The van der Waals surface area contributed by atoms with Gasteiger partial charge in [0.15, 0.2) is 11.1 Å². The summed E-state index contributed by atoms with van der Waals surface area (Å²) in [7, 11) is 0. The summed E-state index contributed by atoms with van der Waals surface area (Å²) < 4.78 is 6.17. The Bertz CT molecular complexity index is 1120. The molecule has 2 fully saturated rings. The number of hydrogen-bond donors (Lipinski definition) is 0. The zero-order valence-corrected chi connectivity index (χ0v) is 20.4. The molecule has 2 heterocycles. The Morgan fingerprint density at radius 2 is 2.03 bits per heavy atom. The second kappa shape index (κ2) is 9.00. The summed E-state index contributed by atoms with van der Waals surface area (Å²) in [4.78, 5) is 27.6. The molecule has 5 nitrogen and oxygen atoms in total. The molecular weight excluding hydrogens is 508 g/mol. The minimum absolute atomic E-state index is 0.155. The van der Waals surface area contributed by atoms with Gasteiger partial charge in [-0.2, -0.15) is 0 Å². The molecule has 1 amide bonds. The van der Waals surface area contributed by atoms with Crippen molar-refractivity contribution in [3.05, 3.63) is 68.5 Å². The number of rotatable bonds is 6. The number of halogens is 1. The smallest absolute Gasteiger partial charge is 0.294 e. The molecule has 1 saturated heterocycles. The summed E-state index contributed by atoms with van der Waals surface area (Å²) in [6.07, 6.45) is 5.50. The van der Waals surface area contributed by atoms with Crippen LogP contribution >= 0.6 is 39.9 Å². The quantitative estimate of drug-likeness (QED) is 0.282. The van der Waals surface area contributed by atoms with Crippen LogP contribution in [-0.2, 0) is 20.9 Å². The number of anilines is 1. The van der Waals surface area contributed by atoms with Crippen LogP contribution in [0, 0.1) is 0 Å². The van der Waals surface area contributed by atoms with Crippen LogP contribution in [0.25, 0.3) is 6.08 Å². The maximum atomic E-state index is 12.7. The molecule has 2 aromatic carbocycles. The lowest BCUT2D eigenvalue weighted by Gasteiger charge is -2.28. The SMILES string of the molecule is O=COCN1C(=O)C(=Cc2cc(Br)c3c(c2)C2CCCC2N3Cc2ccccc2)SC1=S. The molecule has 0 bridgehead atoms. The third kappa shape index (κ3) is 3.89. The fraction of sp³-hybridized carbons (Fsp3) is 0.292. The predicted octanol–water partition coefficient (Wildman–Crippen LogP) is 5.44. The van der Waals surface area contributed by atoms with Crippen molar-refractivity contribution < 1.29 is 14.3 Å². The summed E-state index contributed by atoms with van der Waals surface area (Å²) in [5.41, 5.74) is 4.90. The van der Waals surface area contributed by atoms with E-state index in [-0.39, 0.29) is 12.6 Å². The van der Waals surface area contributed by atoms with E-state index in [4.69, 9.17) is 17.0 Å². The molecule has 1 saturated carbocycles. The van der Waals surface area contributed by atoms with Crippen LogP contribution in [0.15, 0.2) is 51.8 Å². The van der Waals surface area contributed by atoms with Gasteiger partial charge in [-0.3, -0.25) is 14.5 Å². The molecule has 3 aliphatic rings. The van der Waals surface area contributed by atoms with Crippen LogP contribution in [-0.4, -0.2) is 34.4 Å². The van der Waals surface area contributed by atoms with Crippen molar-refractivity contribution in [3.8, 4) is 0 Å². The lowest BCUT2D eigenvalue weighted by molar-refractivity contribution is -0.135. The highest BCUT2D eigenvalue weighted by Gasteiger charge is 2.42. The standard InChI is InChI=1S/C24H21BrN2O3S2/c25-19-10-16(11-21-23(29)27(13-30-14-28)24(31)32-21)9-18-17-7-4-8-20(17)26(22(18)19)12-15-5-2-1-3-6-15/h1-3,5-6,9-11,14,17,20H,4,7-8,12-13H2. The molecule has 32 heavy (non-hydrogen) atoms. The van der Waals surface area contributed by atoms with E-state index in [0.717, 1.165) is 16.6 Å². The van der Waals surface area contributed by atoms with Crippen molar-refractivity contribution in [2.45, 2.75) is 37.8 Å². The highest BCUT2D eigenvalue weighted by atomic mass is 79.9.